The molecule has 1 heterocycles. The lowest BCUT2D eigenvalue weighted by Gasteiger charge is -2.15. The second-order valence-electron chi connectivity index (χ2n) is 5.45. The first kappa shape index (κ1) is 19.7. The van der Waals surface area contributed by atoms with Crippen LogP contribution in [0.25, 0.3) is 0 Å². The Morgan fingerprint density at radius 1 is 1.46 bits per heavy atom. The highest BCUT2D eigenvalue weighted by atomic mass is 32.1. The second-order valence-corrected chi connectivity index (χ2v) is 5.86. The highest BCUT2D eigenvalue weighted by Gasteiger charge is 2.32. The zero-order valence-electron chi connectivity index (χ0n) is 14.4. The third-order valence-corrected chi connectivity index (χ3v) is 3.82. The van der Waals surface area contributed by atoms with E-state index < -0.39 is 18.0 Å². The molecular formula is C15H21FN6O3S. The number of thiocarbonyl (C=S) groups is 1. The highest BCUT2D eigenvalue weighted by Crippen LogP contribution is 2.25. The van der Waals surface area contributed by atoms with Crippen molar-refractivity contribution in [3.63, 3.8) is 0 Å². The van der Waals surface area contributed by atoms with E-state index in [1.54, 1.807) is 13.1 Å². The maximum Gasteiger partial charge on any atom is 0.414 e. The number of carbonyl (C=O) groups is 2. The van der Waals surface area contributed by atoms with Gasteiger partial charge in [0.25, 0.3) is 0 Å². The van der Waals surface area contributed by atoms with E-state index in [2.05, 4.69) is 26.8 Å². The van der Waals surface area contributed by atoms with Crippen molar-refractivity contribution in [1.29, 1.82) is 0 Å². The van der Waals surface area contributed by atoms with E-state index in [9.17, 15) is 14.0 Å². The van der Waals surface area contributed by atoms with Crippen molar-refractivity contribution in [2.24, 2.45) is 0 Å². The van der Waals surface area contributed by atoms with Gasteiger partial charge in [0.05, 0.1) is 31.1 Å². The van der Waals surface area contributed by atoms with Crippen molar-refractivity contribution in [3.8, 4) is 0 Å². The number of cyclic esters (lactones) is 1. The molecule has 0 spiro atoms. The van der Waals surface area contributed by atoms with Crippen LogP contribution in [0.2, 0.25) is 0 Å². The molecule has 2 amide bonds. The molecule has 5 N–H and O–H groups in total. The Morgan fingerprint density at radius 3 is 2.88 bits per heavy atom. The third-order valence-electron chi connectivity index (χ3n) is 3.51. The third kappa shape index (κ3) is 5.43. The summed E-state index contributed by atoms with van der Waals surface area (Å²) in [5.41, 5.74) is 6.11. The summed E-state index contributed by atoms with van der Waals surface area (Å²) in [5.74, 6) is -0.724. The van der Waals surface area contributed by atoms with Gasteiger partial charge in [0.1, 0.15) is 11.9 Å². The van der Waals surface area contributed by atoms with E-state index in [1.807, 2.05) is 0 Å². The van der Waals surface area contributed by atoms with E-state index in [-0.39, 0.29) is 31.4 Å². The molecule has 2 rings (SSSR count). The Morgan fingerprint density at radius 2 is 2.23 bits per heavy atom. The molecule has 142 valence electrons. The van der Waals surface area contributed by atoms with Gasteiger partial charge in [-0.1, -0.05) is 0 Å². The Balaban J connectivity index is 1.91. The molecule has 0 unspecified atom stereocenters. The van der Waals surface area contributed by atoms with Crippen LogP contribution in [0.4, 0.5) is 20.6 Å². The molecule has 0 aromatic heterocycles. The minimum Gasteiger partial charge on any atom is -0.442 e. The van der Waals surface area contributed by atoms with Crippen LogP contribution in [0, 0.1) is 5.82 Å². The van der Waals surface area contributed by atoms with Gasteiger partial charge in [0, 0.05) is 14.0 Å². The number of amides is 2. The Hall–Kier alpha value is -2.66. The van der Waals surface area contributed by atoms with Crippen LogP contribution >= 0.6 is 12.2 Å². The molecule has 1 aliphatic rings. The Kier molecular flexibility index (Phi) is 6.92. The molecule has 0 bridgehead atoms. The molecule has 0 aliphatic carbocycles. The number of ether oxygens (including phenoxy) is 1. The predicted molar refractivity (Wildman–Crippen MR) is 99.1 cm³/mol. The number of anilines is 2. The first-order chi connectivity index (χ1) is 12.4. The molecule has 1 saturated heterocycles. The average molecular weight is 384 g/mol. The van der Waals surface area contributed by atoms with Crippen LogP contribution < -0.4 is 31.7 Å². The van der Waals surface area contributed by atoms with E-state index in [4.69, 9.17) is 17.0 Å². The number of nitrogens with one attached hydrogen (secondary N) is 5. The molecule has 0 saturated carbocycles. The number of rotatable bonds is 7. The Labute approximate surface area is 155 Å². The summed E-state index contributed by atoms with van der Waals surface area (Å²) in [4.78, 5) is 24.2. The number of hydrogen-bond donors (Lipinski definition) is 5. The fourth-order valence-corrected chi connectivity index (χ4v) is 2.31. The minimum absolute atomic E-state index is 0.209. The van der Waals surface area contributed by atoms with Gasteiger partial charge in [0.2, 0.25) is 5.91 Å². The van der Waals surface area contributed by atoms with Crippen molar-refractivity contribution in [1.82, 2.24) is 21.5 Å². The SMILES string of the molecule is CNC(=S)NNCNc1ccc(N2C[C@H](CNC(C)=O)OC2=O)cc1F. The summed E-state index contributed by atoms with van der Waals surface area (Å²) in [6, 6.07) is 4.38. The lowest BCUT2D eigenvalue weighted by Crippen LogP contribution is -2.44. The number of hydrogen-bond acceptors (Lipinski definition) is 6. The molecule has 1 aromatic carbocycles. The number of nitrogens with zero attached hydrogens (tertiary/aromatic N) is 1. The van der Waals surface area contributed by atoms with Crippen molar-refractivity contribution < 1.29 is 18.7 Å². The largest absolute Gasteiger partial charge is 0.442 e. The first-order valence-electron chi connectivity index (χ1n) is 7.87. The summed E-state index contributed by atoms with van der Waals surface area (Å²) in [6.45, 7) is 2.06. The van der Waals surface area contributed by atoms with Gasteiger partial charge in [-0.05, 0) is 30.4 Å². The molecule has 11 heteroatoms. The van der Waals surface area contributed by atoms with E-state index in [0.29, 0.717) is 10.8 Å². The van der Waals surface area contributed by atoms with Crippen molar-refractivity contribution >= 4 is 40.7 Å². The highest BCUT2D eigenvalue weighted by molar-refractivity contribution is 7.80. The van der Waals surface area contributed by atoms with Gasteiger partial charge in [-0.2, -0.15) is 0 Å². The molecule has 9 nitrogen and oxygen atoms in total. The summed E-state index contributed by atoms with van der Waals surface area (Å²) in [6.07, 6.45) is -1.05. The number of carbonyl (C=O) groups excluding carboxylic acids is 2. The monoisotopic (exact) mass is 384 g/mol. The van der Waals surface area contributed by atoms with Gasteiger partial charge < -0.3 is 20.7 Å². The summed E-state index contributed by atoms with van der Waals surface area (Å²) >= 11 is 4.88. The summed E-state index contributed by atoms with van der Waals surface area (Å²) < 4.78 is 19.4. The average Bonchev–Trinajstić information content (AvgIpc) is 2.98. The normalized spacial score (nSPS) is 16.0. The summed E-state index contributed by atoms with van der Waals surface area (Å²) in [5, 5.41) is 8.56. The van der Waals surface area contributed by atoms with Gasteiger partial charge in [-0.25, -0.2) is 14.6 Å². The van der Waals surface area contributed by atoms with Crippen LogP contribution in [-0.2, 0) is 9.53 Å². The van der Waals surface area contributed by atoms with E-state index in [1.165, 1.54) is 24.0 Å². The second kappa shape index (κ2) is 9.15. The molecule has 0 radical (unpaired) electrons. The fourth-order valence-electron chi connectivity index (χ4n) is 2.24. The van der Waals surface area contributed by atoms with Crippen molar-refractivity contribution in [2.45, 2.75) is 13.0 Å². The quantitative estimate of drug-likeness (QED) is 0.197. The zero-order chi connectivity index (χ0) is 19.1. The fraction of sp³-hybridized carbons (Fsp3) is 0.400. The lowest BCUT2D eigenvalue weighted by molar-refractivity contribution is -0.119. The van der Waals surface area contributed by atoms with Gasteiger partial charge in [-0.15, -0.1) is 0 Å². The number of halogens is 1. The van der Waals surface area contributed by atoms with Gasteiger partial charge in [0.15, 0.2) is 5.11 Å². The first-order valence-corrected chi connectivity index (χ1v) is 8.28. The van der Waals surface area contributed by atoms with Crippen molar-refractivity contribution in [2.75, 3.05) is 37.0 Å². The molecule has 1 aliphatic heterocycles. The molecule has 26 heavy (non-hydrogen) atoms. The predicted octanol–water partition coefficient (Wildman–Crippen LogP) is 0.255. The van der Waals surface area contributed by atoms with Gasteiger partial charge >= 0.3 is 6.09 Å². The van der Waals surface area contributed by atoms with Crippen LogP contribution in [-0.4, -0.2) is 50.0 Å². The Bertz CT molecular complexity index is 689. The standard InChI is InChI=1S/C15H21FN6O3S/c1-9(23)18-6-11-7-22(15(24)25-11)10-3-4-13(12(16)5-10)19-8-20-21-14(26)17-2/h3-5,11,19-20H,6-8H2,1-2H3,(H,18,23)(H2,17,21,26)/t11-/m0/s1. The van der Waals surface area contributed by atoms with Crippen LogP contribution in [0.5, 0.6) is 0 Å². The lowest BCUT2D eigenvalue weighted by atomic mass is 10.2. The van der Waals surface area contributed by atoms with Crippen LogP contribution in [0.3, 0.4) is 0 Å². The maximum atomic E-state index is 14.2. The van der Waals surface area contributed by atoms with E-state index in [0.717, 1.165) is 0 Å². The van der Waals surface area contributed by atoms with E-state index >= 15 is 0 Å². The topological polar surface area (TPSA) is 107 Å². The number of benzene rings is 1. The van der Waals surface area contributed by atoms with Crippen LogP contribution in [0.15, 0.2) is 18.2 Å². The van der Waals surface area contributed by atoms with Gasteiger partial charge in [-0.3, -0.25) is 15.1 Å². The minimum atomic E-state index is -0.577. The van der Waals surface area contributed by atoms with Crippen LogP contribution in [0.1, 0.15) is 6.92 Å². The molecular weight excluding hydrogens is 363 g/mol. The smallest absolute Gasteiger partial charge is 0.414 e. The molecule has 1 atom stereocenters. The zero-order valence-corrected chi connectivity index (χ0v) is 15.2. The summed E-state index contributed by atoms with van der Waals surface area (Å²) in [7, 11) is 1.67. The van der Waals surface area contributed by atoms with Crippen molar-refractivity contribution in [3.05, 3.63) is 24.0 Å². The molecule has 1 fully saturated rings. The number of hydrazine groups is 1. The molecule has 1 aromatic rings. The maximum absolute atomic E-state index is 14.2.